The molecule has 1 fully saturated rings. The second kappa shape index (κ2) is 10.8. The first-order chi connectivity index (χ1) is 14.0. The molecule has 0 saturated carbocycles. The van der Waals surface area contributed by atoms with Crippen LogP contribution in [-0.4, -0.2) is 59.5 Å². The number of carbonyl (C=O) groups is 2. The molecule has 0 N–H and O–H groups in total. The molecule has 11 heteroatoms. The zero-order valence-electron chi connectivity index (χ0n) is 19.6. The summed E-state index contributed by atoms with van der Waals surface area (Å²) in [5.41, 5.74) is 6.99. The van der Waals surface area contributed by atoms with E-state index in [9.17, 15) is 9.59 Å². The number of rotatable bonds is 12. The van der Waals surface area contributed by atoms with Gasteiger partial charge in [0.2, 0.25) is 0 Å². The third-order valence-corrected chi connectivity index (χ3v) is 11.3. The number of ether oxygens (including phenoxy) is 2. The molecule has 30 heavy (non-hydrogen) atoms. The van der Waals surface area contributed by atoms with Gasteiger partial charge in [-0.1, -0.05) is 32.8 Å². The minimum atomic E-state index is -2.40. The molecule has 1 saturated heterocycles. The van der Waals surface area contributed by atoms with Crippen molar-refractivity contribution in [2.24, 2.45) is 11.0 Å². The zero-order chi connectivity index (χ0) is 23.2. The fraction of sp³-hybridized carbons (Fsp3) is 0.895. The van der Waals surface area contributed by atoms with Crippen molar-refractivity contribution in [3.8, 4) is 0 Å². The maximum absolute atomic E-state index is 13.2. The summed E-state index contributed by atoms with van der Waals surface area (Å²) in [7, 11) is -4.43. The topological polar surface area (TPSA) is 120 Å². The molecule has 0 amide bonds. The molecule has 0 aliphatic carbocycles. The van der Waals surface area contributed by atoms with Crippen LogP contribution < -0.4 is 0 Å². The number of hydrogen-bond acceptors (Lipinski definition) is 7. The first kappa shape index (κ1) is 26.6. The fourth-order valence-electron chi connectivity index (χ4n) is 3.91. The van der Waals surface area contributed by atoms with E-state index in [1.807, 2.05) is 19.6 Å². The molecule has 0 aromatic heterocycles. The van der Waals surface area contributed by atoms with Gasteiger partial charge in [0.15, 0.2) is 16.6 Å². The Bertz CT molecular complexity index is 653. The van der Waals surface area contributed by atoms with Crippen molar-refractivity contribution in [1.29, 1.82) is 0 Å². The maximum Gasteiger partial charge on any atom is 0.350 e. The van der Waals surface area contributed by atoms with Crippen LogP contribution in [0.4, 0.5) is 0 Å². The molecule has 1 rings (SSSR count). The highest BCUT2D eigenvalue weighted by Crippen LogP contribution is 2.42. The van der Waals surface area contributed by atoms with Gasteiger partial charge in [-0.05, 0) is 50.2 Å². The van der Waals surface area contributed by atoms with Crippen molar-refractivity contribution in [1.82, 2.24) is 0 Å². The first-order valence-corrected chi connectivity index (χ1v) is 16.7. The van der Waals surface area contributed by atoms with Crippen LogP contribution >= 0.6 is 0 Å². The maximum atomic E-state index is 13.2. The SMILES string of the molecule is CCOC(=O)[C@]1(O[Si](C)(C)C)C(=O)O[C@@H]([C@@H](C)N=[N+]=[N-])[C@@H]1CO[Si](CC)(CC)CC. The minimum Gasteiger partial charge on any atom is -0.463 e. The lowest BCUT2D eigenvalue weighted by atomic mass is 9.84. The summed E-state index contributed by atoms with van der Waals surface area (Å²) in [6, 6.07) is 2.06. The van der Waals surface area contributed by atoms with E-state index in [-0.39, 0.29) is 13.2 Å². The minimum absolute atomic E-state index is 0.102. The highest BCUT2D eigenvalue weighted by molar-refractivity contribution is 6.73. The summed E-state index contributed by atoms with van der Waals surface area (Å²) in [6.07, 6.45) is -0.841. The van der Waals surface area contributed by atoms with Crippen LogP contribution in [0.5, 0.6) is 0 Å². The van der Waals surface area contributed by atoms with Crippen molar-refractivity contribution >= 4 is 28.6 Å². The average molecular weight is 460 g/mol. The van der Waals surface area contributed by atoms with Crippen LogP contribution in [0, 0.1) is 5.92 Å². The molecule has 1 aliphatic heterocycles. The van der Waals surface area contributed by atoms with Gasteiger partial charge in [-0.15, -0.1) is 0 Å². The van der Waals surface area contributed by atoms with Gasteiger partial charge in [-0.3, -0.25) is 0 Å². The van der Waals surface area contributed by atoms with E-state index < -0.39 is 52.2 Å². The molecule has 1 heterocycles. The molecular formula is C19H37N3O6Si2. The first-order valence-electron chi connectivity index (χ1n) is 10.7. The summed E-state index contributed by atoms with van der Waals surface area (Å²) in [5.74, 6) is -2.33. The Kier molecular flexibility index (Phi) is 9.56. The summed E-state index contributed by atoms with van der Waals surface area (Å²) in [6.45, 7) is 15.5. The Morgan fingerprint density at radius 3 is 2.23 bits per heavy atom. The van der Waals surface area contributed by atoms with Crippen molar-refractivity contribution in [3.63, 3.8) is 0 Å². The largest absolute Gasteiger partial charge is 0.463 e. The van der Waals surface area contributed by atoms with Crippen LogP contribution in [0.1, 0.15) is 34.6 Å². The van der Waals surface area contributed by atoms with Gasteiger partial charge in [0.25, 0.3) is 5.60 Å². The Morgan fingerprint density at radius 2 is 1.80 bits per heavy atom. The second-order valence-electron chi connectivity index (χ2n) is 8.65. The van der Waals surface area contributed by atoms with Crippen LogP contribution in [0.2, 0.25) is 37.8 Å². The van der Waals surface area contributed by atoms with E-state index in [2.05, 4.69) is 30.8 Å². The zero-order valence-corrected chi connectivity index (χ0v) is 21.6. The quantitative estimate of drug-likeness (QED) is 0.106. The number of azide groups is 1. The van der Waals surface area contributed by atoms with Crippen molar-refractivity contribution in [3.05, 3.63) is 10.4 Å². The Balaban J connectivity index is 3.52. The number of hydrogen-bond donors (Lipinski definition) is 0. The van der Waals surface area contributed by atoms with Gasteiger partial charge in [-0.25, -0.2) is 9.59 Å². The number of esters is 2. The average Bonchev–Trinajstić information content (AvgIpc) is 2.95. The van der Waals surface area contributed by atoms with Gasteiger partial charge in [0, 0.05) is 11.5 Å². The summed E-state index contributed by atoms with van der Waals surface area (Å²) in [5, 5.41) is 3.73. The fourth-order valence-corrected chi connectivity index (χ4v) is 7.84. The molecule has 0 radical (unpaired) electrons. The standard InChI is InChI=1S/C19H37N3O6Si2/c1-9-25-17(23)19(28-29(6,7)8)15(13-26-30(10-2,11-3)12-4)16(27-18(19)24)14(5)21-22-20/h14-16H,9-13H2,1-8H3/t14-,15+,16+,19+/m1/s1. The molecule has 0 bridgehead atoms. The molecule has 0 spiro atoms. The van der Waals surface area contributed by atoms with Crippen LogP contribution in [-0.2, 0) is 27.9 Å². The second-order valence-corrected chi connectivity index (χ2v) is 17.9. The molecule has 9 nitrogen and oxygen atoms in total. The molecular weight excluding hydrogens is 422 g/mol. The number of nitrogens with zero attached hydrogens (tertiary/aromatic N) is 3. The third kappa shape index (κ3) is 5.64. The smallest absolute Gasteiger partial charge is 0.350 e. The van der Waals surface area contributed by atoms with E-state index >= 15 is 0 Å². The van der Waals surface area contributed by atoms with Crippen LogP contribution in [0.15, 0.2) is 5.11 Å². The van der Waals surface area contributed by atoms with Crippen molar-refractivity contribution in [2.45, 2.75) is 90.1 Å². The predicted molar refractivity (Wildman–Crippen MR) is 119 cm³/mol. The van der Waals surface area contributed by atoms with E-state index in [0.717, 1.165) is 18.1 Å². The molecule has 172 valence electrons. The molecule has 0 unspecified atom stereocenters. The van der Waals surface area contributed by atoms with Crippen LogP contribution in [0.25, 0.3) is 10.4 Å². The van der Waals surface area contributed by atoms with Gasteiger partial charge in [0.1, 0.15) is 6.10 Å². The monoisotopic (exact) mass is 459 g/mol. The molecule has 1 aliphatic rings. The molecule has 0 aromatic carbocycles. The van der Waals surface area contributed by atoms with E-state index in [4.69, 9.17) is 23.9 Å². The normalized spacial score (nSPS) is 25.4. The summed E-state index contributed by atoms with van der Waals surface area (Å²) >= 11 is 0. The van der Waals surface area contributed by atoms with E-state index in [1.54, 1.807) is 13.8 Å². The van der Waals surface area contributed by atoms with Gasteiger partial charge >= 0.3 is 11.9 Å². The van der Waals surface area contributed by atoms with Gasteiger partial charge in [-0.2, -0.15) is 0 Å². The highest BCUT2D eigenvalue weighted by Gasteiger charge is 2.67. The number of cyclic esters (lactones) is 1. The Morgan fingerprint density at radius 1 is 1.23 bits per heavy atom. The lowest BCUT2D eigenvalue weighted by molar-refractivity contribution is -0.175. The predicted octanol–water partition coefficient (Wildman–Crippen LogP) is 4.40. The summed E-state index contributed by atoms with van der Waals surface area (Å²) in [4.78, 5) is 29.2. The molecule has 0 aromatic rings. The third-order valence-electron chi connectivity index (χ3n) is 5.72. The summed E-state index contributed by atoms with van der Waals surface area (Å²) < 4.78 is 23.6. The lowest BCUT2D eigenvalue weighted by Crippen LogP contribution is -2.59. The van der Waals surface area contributed by atoms with E-state index in [0.29, 0.717) is 0 Å². The number of carbonyl (C=O) groups excluding carboxylic acids is 2. The Labute approximate surface area is 181 Å². The lowest BCUT2D eigenvalue weighted by Gasteiger charge is -2.38. The van der Waals surface area contributed by atoms with Gasteiger partial charge in [0.05, 0.1) is 18.6 Å². The van der Waals surface area contributed by atoms with Crippen LogP contribution in [0.3, 0.4) is 0 Å². The highest BCUT2D eigenvalue weighted by atomic mass is 28.4. The van der Waals surface area contributed by atoms with Gasteiger partial charge < -0.3 is 18.3 Å². The molecule has 4 atom stereocenters. The van der Waals surface area contributed by atoms with Crippen molar-refractivity contribution < 1.29 is 27.9 Å². The van der Waals surface area contributed by atoms with Crippen molar-refractivity contribution in [2.75, 3.05) is 13.2 Å². The Hall–Kier alpha value is -1.40. The van der Waals surface area contributed by atoms with E-state index in [1.165, 1.54) is 0 Å².